The average molecular weight is 408 g/mol. The van der Waals surface area contributed by atoms with Crippen molar-refractivity contribution in [1.29, 1.82) is 0 Å². The highest BCUT2D eigenvalue weighted by molar-refractivity contribution is 6.10. The molecule has 158 valence electrons. The lowest BCUT2D eigenvalue weighted by atomic mass is 9.89. The van der Waals surface area contributed by atoms with Gasteiger partial charge in [-0.1, -0.05) is 61.7 Å². The second-order valence-corrected chi connectivity index (χ2v) is 7.73. The van der Waals surface area contributed by atoms with Gasteiger partial charge in [0.2, 0.25) is 5.91 Å². The Labute approximate surface area is 176 Å². The molecular weight excluding hydrogens is 380 g/mol. The number of nitrogens with one attached hydrogen (secondary N) is 2. The van der Waals surface area contributed by atoms with Crippen molar-refractivity contribution in [3.63, 3.8) is 0 Å². The highest BCUT2D eigenvalue weighted by atomic mass is 16.3. The topological polar surface area (TPSA) is 95.5 Å². The van der Waals surface area contributed by atoms with E-state index in [9.17, 15) is 19.5 Å². The van der Waals surface area contributed by atoms with Crippen LogP contribution in [0, 0.1) is 5.92 Å². The Morgan fingerprint density at radius 1 is 0.900 bits per heavy atom. The fourth-order valence-electron chi connectivity index (χ4n) is 3.75. The van der Waals surface area contributed by atoms with Crippen LogP contribution in [0.4, 0.5) is 0 Å². The van der Waals surface area contributed by atoms with Crippen molar-refractivity contribution in [2.75, 3.05) is 13.2 Å². The summed E-state index contributed by atoms with van der Waals surface area (Å²) in [6.07, 6.45) is 5.79. The number of carbonyl (C=O) groups excluding carboxylic acids is 3. The van der Waals surface area contributed by atoms with Gasteiger partial charge < -0.3 is 15.7 Å². The maximum atomic E-state index is 12.6. The molecule has 1 aliphatic rings. The van der Waals surface area contributed by atoms with Gasteiger partial charge in [-0.15, -0.1) is 0 Å². The second-order valence-electron chi connectivity index (χ2n) is 7.73. The number of hydrogen-bond donors (Lipinski definition) is 3. The summed E-state index contributed by atoms with van der Waals surface area (Å²) in [4.78, 5) is 37.6. The normalized spacial score (nSPS) is 15.2. The van der Waals surface area contributed by atoms with Gasteiger partial charge in [-0.05, 0) is 30.9 Å². The lowest BCUT2D eigenvalue weighted by Crippen LogP contribution is -2.49. The number of carbonyl (C=O) groups is 3. The third-order valence-corrected chi connectivity index (χ3v) is 5.52. The number of amides is 2. The minimum atomic E-state index is -1.03. The number of aliphatic hydroxyl groups excluding tert-OH is 1. The van der Waals surface area contributed by atoms with E-state index in [2.05, 4.69) is 10.6 Å². The van der Waals surface area contributed by atoms with Crippen molar-refractivity contribution in [2.24, 2.45) is 5.92 Å². The molecule has 0 saturated heterocycles. The summed E-state index contributed by atoms with van der Waals surface area (Å²) in [6, 6.07) is 14.1. The van der Waals surface area contributed by atoms with Crippen LogP contribution >= 0.6 is 0 Å². The van der Waals surface area contributed by atoms with Crippen LogP contribution in [0.3, 0.4) is 0 Å². The molecule has 0 radical (unpaired) electrons. The molecule has 30 heavy (non-hydrogen) atoms. The maximum Gasteiger partial charge on any atom is 0.252 e. The molecule has 0 bridgehead atoms. The van der Waals surface area contributed by atoms with Gasteiger partial charge in [0, 0.05) is 23.2 Å². The van der Waals surface area contributed by atoms with E-state index in [1.165, 1.54) is 25.3 Å². The Hall–Kier alpha value is -2.99. The van der Waals surface area contributed by atoms with E-state index in [0.29, 0.717) is 23.6 Å². The second kappa shape index (κ2) is 10.7. The monoisotopic (exact) mass is 408 g/mol. The predicted molar refractivity (Wildman–Crippen MR) is 114 cm³/mol. The van der Waals surface area contributed by atoms with Crippen molar-refractivity contribution >= 4 is 17.6 Å². The van der Waals surface area contributed by atoms with Crippen molar-refractivity contribution in [3.8, 4) is 0 Å². The van der Waals surface area contributed by atoms with Crippen molar-refractivity contribution in [1.82, 2.24) is 10.6 Å². The number of hydrogen-bond acceptors (Lipinski definition) is 4. The molecule has 0 aliphatic heterocycles. The zero-order valence-electron chi connectivity index (χ0n) is 17.0. The molecule has 0 heterocycles. The van der Waals surface area contributed by atoms with Gasteiger partial charge in [0.1, 0.15) is 6.04 Å². The van der Waals surface area contributed by atoms with Gasteiger partial charge in [-0.3, -0.25) is 14.4 Å². The van der Waals surface area contributed by atoms with Gasteiger partial charge in [0.15, 0.2) is 5.78 Å². The fourth-order valence-corrected chi connectivity index (χ4v) is 3.75. The number of benzene rings is 2. The van der Waals surface area contributed by atoms with Crippen molar-refractivity contribution in [2.45, 2.75) is 38.1 Å². The lowest BCUT2D eigenvalue weighted by molar-refractivity contribution is -0.124. The van der Waals surface area contributed by atoms with E-state index in [1.54, 1.807) is 42.5 Å². The molecule has 3 rings (SSSR count). The largest absolute Gasteiger partial charge is 0.394 e. The van der Waals surface area contributed by atoms with Gasteiger partial charge in [-0.2, -0.15) is 0 Å². The first-order valence-corrected chi connectivity index (χ1v) is 10.5. The lowest BCUT2D eigenvalue weighted by Gasteiger charge is -2.23. The van der Waals surface area contributed by atoms with Gasteiger partial charge in [-0.25, -0.2) is 0 Å². The smallest absolute Gasteiger partial charge is 0.252 e. The van der Waals surface area contributed by atoms with Crippen molar-refractivity contribution in [3.05, 3.63) is 71.3 Å². The highest BCUT2D eigenvalue weighted by Gasteiger charge is 2.22. The molecule has 2 aromatic carbocycles. The summed E-state index contributed by atoms with van der Waals surface area (Å²) in [5.74, 6) is -0.634. The standard InChI is InChI=1S/C24H28N2O4/c27-16-21(24(30)25-15-17-8-3-1-4-9-17)26-23(29)20-13-7-12-19(14-20)22(28)18-10-5-2-6-11-18/h2,5-7,10-14,17,21,27H,1,3-4,8-9,15-16H2,(H,25,30)(H,26,29)/t21-/m0/s1. The zero-order valence-corrected chi connectivity index (χ0v) is 17.0. The molecule has 1 atom stereocenters. The molecule has 0 unspecified atom stereocenters. The van der Waals surface area contributed by atoms with E-state index < -0.39 is 24.5 Å². The summed E-state index contributed by atoms with van der Waals surface area (Å²) < 4.78 is 0. The quantitative estimate of drug-likeness (QED) is 0.585. The van der Waals surface area contributed by atoms with Crippen LogP contribution in [0.2, 0.25) is 0 Å². The SMILES string of the molecule is O=C(N[C@@H](CO)C(=O)NCC1CCCCC1)c1cccc(C(=O)c2ccccc2)c1. The number of rotatable bonds is 8. The molecule has 6 heteroatoms. The number of ketones is 1. The average Bonchev–Trinajstić information content (AvgIpc) is 2.81. The summed E-state index contributed by atoms with van der Waals surface area (Å²) in [7, 11) is 0. The van der Waals surface area contributed by atoms with E-state index in [4.69, 9.17) is 0 Å². The zero-order chi connectivity index (χ0) is 21.3. The Kier molecular flexibility index (Phi) is 7.74. The van der Waals surface area contributed by atoms with E-state index >= 15 is 0 Å². The van der Waals surface area contributed by atoms with E-state index in [1.807, 2.05) is 6.07 Å². The van der Waals surface area contributed by atoms with Crippen LogP contribution in [0.5, 0.6) is 0 Å². The van der Waals surface area contributed by atoms with Crippen LogP contribution in [-0.2, 0) is 4.79 Å². The van der Waals surface area contributed by atoms with Gasteiger partial charge >= 0.3 is 0 Å². The molecule has 0 aromatic heterocycles. The van der Waals surface area contributed by atoms with Gasteiger partial charge in [0.05, 0.1) is 6.61 Å². The Morgan fingerprint density at radius 3 is 2.27 bits per heavy atom. The Morgan fingerprint density at radius 2 is 1.57 bits per heavy atom. The van der Waals surface area contributed by atoms with Crippen LogP contribution < -0.4 is 10.6 Å². The Balaban J connectivity index is 1.61. The van der Waals surface area contributed by atoms with Crippen LogP contribution in [0.1, 0.15) is 58.4 Å². The minimum absolute atomic E-state index is 0.186. The van der Waals surface area contributed by atoms with Crippen molar-refractivity contribution < 1.29 is 19.5 Å². The molecule has 0 spiro atoms. The first kappa shape index (κ1) is 21.7. The number of aliphatic hydroxyl groups is 1. The molecule has 2 amide bonds. The van der Waals surface area contributed by atoms with Gasteiger partial charge in [0.25, 0.3) is 5.91 Å². The summed E-state index contributed by atoms with van der Waals surface area (Å²) in [6.45, 7) is 0.0666. The molecule has 6 nitrogen and oxygen atoms in total. The minimum Gasteiger partial charge on any atom is -0.394 e. The third kappa shape index (κ3) is 5.76. The molecule has 1 fully saturated rings. The molecule has 1 saturated carbocycles. The first-order chi connectivity index (χ1) is 14.6. The summed E-state index contributed by atoms with van der Waals surface area (Å²) in [5, 5.41) is 15.0. The first-order valence-electron chi connectivity index (χ1n) is 10.5. The van der Waals surface area contributed by atoms with Crippen LogP contribution in [0.25, 0.3) is 0 Å². The molecular formula is C24H28N2O4. The predicted octanol–water partition coefficient (Wildman–Crippen LogP) is 2.70. The third-order valence-electron chi connectivity index (χ3n) is 5.52. The molecule has 3 N–H and O–H groups in total. The Bertz CT molecular complexity index is 876. The van der Waals surface area contributed by atoms with Crippen LogP contribution in [0.15, 0.2) is 54.6 Å². The van der Waals surface area contributed by atoms with Crippen LogP contribution in [-0.4, -0.2) is 41.9 Å². The summed E-state index contributed by atoms with van der Waals surface area (Å²) in [5.41, 5.74) is 1.18. The van der Waals surface area contributed by atoms with E-state index in [0.717, 1.165) is 12.8 Å². The van der Waals surface area contributed by atoms with E-state index in [-0.39, 0.29) is 11.3 Å². The fraction of sp³-hybridized carbons (Fsp3) is 0.375. The maximum absolute atomic E-state index is 12.6. The summed E-state index contributed by atoms with van der Waals surface area (Å²) >= 11 is 0. The molecule has 2 aromatic rings. The highest BCUT2D eigenvalue weighted by Crippen LogP contribution is 2.22. The molecule has 1 aliphatic carbocycles.